The smallest absolute Gasteiger partial charge is 0.240 e. The summed E-state index contributed by atoms with van der Waals surface area (Å²) < 4.78 is 1.88. The molecule has 1 aliphatic rings. The Morgan fingerprint density at radius 2 is 2.25 bits per heavy atom. The first-order valence-corrected chi connectivity index (χ1v) is 9.59. The van der Waals surface area contributed by atoms with Crippen LogP contribution in [0.3, 0.4) is 0 Å². The normalized spacial score (nSPS) is 17.9. The van der Waals surface area contributed by atoms with Crippen LogP contribution in [0.15, 0.2) is 22.7 Å². The summed E-state index contributed by atoms with van der Waals surface area (Å²) in [6.07, 6.45) is 2.49. The van der Waals surface area contributed by atoms with Crippen molar-refractivity contribution in [1.29, 1.82) is 0 Å². The van der Waals surface area contributed by atoms with Gasteiger partial charge in [0, 0.05) is 13.6 Å². The Morgan fingerprint density at radius 1 is 1.42 bits per heavy atom. The minimum atomic E-state index is -0.479. The summed E-state index contributed by atoms with van der Waals surface area (Å²) in [4.78, 5) is 26.6. The number of carbonyl (C=O) groups is 2. The molecule has 0 radical (unpaired) electrons. The number of piperidine rings is 1. The van der Waals surface area contributed by atoms with E-state index in [4.69, 9.17) is 5.73 Å². The molecule has 2 aromatic heterocycles. The average molecular weight is 365 g/mol. The highest BCUT2D eigenvalue weighted by molar-refractivity contribution is 7.99. The van der Waals surface area contributed by atoms with Crippen molar-refractivity contribution in [1.82, 2.24) is 19.7 Å². The zero-order valence-electron chi connectivity index (χ0n) is 13.3. The minimum Gasteiger partial charge on any atom is -0.368 e. The van der Waals surface area contributed by atoms with Gasteiger partial charge < -0.3 is 15.2 Å². The average Bonchev–Trinajstić information content (AvgIpc) is 3.22. The number of carbonyl (C=O) groups excluding carboxylic acids is 2. The summed E-state index contributed by atoms with van der Waals surface area (Å²) in [5, 5.41) is 11.0. The van der Waals surface area contributed by atoms with E-state index in [0.29, 0.717) is 18.1 Å². The van der Waals surface area contributed by atoms with Crippen LogP contribution in [0.4, 0.5) is 0 Å². The van der Waals surface area contributed by atoms with Gasteiger partial charge >= 0.3 is 0 Å². The molecule has 2 N–H and O–H groups in total. The number of thioether (sulfide) groups is 1. The number of rotatable bonds is 5. The number of amides is 2. The Balaban J connectivity index is 1.65. The largest absolute Gasteiger partial charge is 0.368 e. The van der Waals surface area contributed by atoms with Gasteiger partial charge in [0.15, 0.2) is 11.0 Å². The first-order chi connectivity index (χ1) is 11.6. The number of nitrogens with two attached hydrogens (primary N) is 1. The molecule has 0 aliphatic carbocycles. The lowest BCUT2D eigenvalue weighted by molar-refractivity contribution is -0.138. The second kappa shape index (κ2) is 7.35. The maximum atomic E-state index is 12.5. The van der Waals surface area contributed by atoms with Gasteiger partial charge in [-0.1, -0.05) is 17.8 Å². The predicted molar refractivity (Wildman–Crippen MR) is 93.6 cm³/mol. The van der Waals surface area contributed by atoms with Crippen molar-refractivity contribution >= 4 is 34.9 Å². The van der Waals surface area contributed by atoms with Crippen molar-refractivity contribution in [3.05, 3.63) is 17.5 Å². The lowest BCUT2D eigenvalue weighted by Crippen LogP contribution is -2.51. The van der Waals surface area contributed by atoms with Crippen molar-refractivity contribution in [2.45, 2.75) is 30.5 Å². The first-order valence-electron chi connectivity index (χ1n) is 7.73. The fraction of sp³-hybridized carbons (Fsp3) is 0.467. The van der Waals surface area contributed by atoms with Gasteiger partial charge in [-0.3, -0.25) is 9.59 Å². The molecule has 24 heavy (non-hydrogen) atoms. The highest BCUT2D eigenvalue weighted by Crippen LogP contribution is 2.26. The van der Waals surface area contributed by atoms with Crippen molar-refractivity contribution in [2.75, 3.05) is 12.3 Å². The second-order valence-electron chi connectivity index (χ2n) is 5.63. The molecule has 2 amide bonds. The number of hydrogen-bond donors (Lipinski definition) is 1. The highest BCUT2D eigenvalue weighted by Gasteiger charge is 2.30. The van der Waals surface area contributed by atoms with Crippen LogP contribution in [-0.2, 0) is 16.6 Å². The molecule has 1 aliphatic heterocycles. The molecule has 3 rings (SSSR count). The van der Waals surface area contributed by atoms with Crippen LogP contribution in [0.2, 0.25) is 0 Å². The molecule has 1 atom stereocenters. The molecule has 1 fully saturated rings. The third-order valence-electron chi connectivity index (χ3n) is 4.05. The standard InChI is InChI=1S/C15H19N5O2S2/c1-19-14(11-6-4-8-23-11)17-18-15(19)24-9-12(21)20-7-3-2-5-10(20)13(16)22/h4,6,8,10H,2-3,5,7,9H2,1H3,(H2,16,22). The molecule has 9 heteroatoms. The number of aromatic nitrogens is 3. The van der Waals surface area contributed by atoms with Gasteiger partial charge in [0.2, 0.25) is 11.8 Å². The van der Waals surface area contributed by atoms with Crippen molar-refractivity contribution < 1.29 is 9.59 Å². The zero-order chi connectivity index (χ0) is 17.1. The first kappa shape index (κ1) is 17.0. The third kappa shape index (κ3) is 3.46. The second-order valence-corrected chi connectivity index (χ2v) is 7.52. The molecule has 7 nitrogen and oxygen atoms in total. The molecular formula is C15H19N5O2S2. The molecule has 2 aromatic rings. The van der Waals surface area contributed by atoms with Crippen LogP contribution in [0, 0.1) is 0 Å². The lowest BCUT2D eigenvalue weighted by Gasteiger charge is -2.33. The summed E-state index contributed by atoms with van der Waals surface area (Å²) in [5.41, 5.74) is 5.42. The molecule has 0 aromatic carbocycles. The van der Waals surface area contributed by atoms with Crippen molar-refractivity contribution in [3.63, 3.8) is 0 Å². The Bertz CT molecular complexity index is 728. The van der Waals surface area contributed by atoms with E-state index in [1.807, 2.05) is 29.1 Å². The van der Waals surface area contributed by atoms with E-state index >= 15 is 0 Å². The van der Waals surface area contributed by atoms with Gasteiger partial charge in [0.05, 0.1) is 10.6 Å². The molecule has 1 saturated heterocycles. The van der Waals surface area contributed by atoms with Gasteiger partial charge in [-0.2, -0.15) is 0 Å². The van der Waals surface area contributed by atoms with Crippen molar-refractivity contribution in [3.8, 4) is 10.7 Å². The number of nitrogens with zero attached hydrogens (tertiary/aromatic N) is 4. The minimum absolute atomic E-state index is 0.0795. The molecule has 1 unspecified atom stereocenters. The van der Waals surface area contributed by atoms with E-state index < -0.39 is 11.9 Å². The monoisotopic (exact) mass is 365 g/mol. The van der Waals surface area contributed by atoms with Gasteiger partial charge in [0.25, 0.3) is 0 Å². The van der Waals surface area contributed by atoms with Crippen LogP contribution < -0.4 is 5.73 Å². The van der Waals surface area contributed by atoms with Crippen LogP contribution in [0.5, 0.6) is 0 Å². The summed E-state index contributed by atoms with van der Waals surface area (Å²) >= 11 is 2.93. The van der Waals surface area contributed by atoms with E-state index in [2.05, 4.69) is 10.2 Å². The number of hydrogen-bond acceptors (Lipinski definition) is 6. The maximum Gasteiger partial charge on any atom is 0.240 e. The van der Waals surface area contributed by atoms with Gasteiger partial charge in [-0.05, 0) is 30.7 Å². The number of primary amides is 1. The molecule has 0 bridgehead atoms. The SMILES string of the molecule is Cn1c(SCC(=O)N2CCCCC2C(N)=O)nnc1-c1cccs1. The van der Waals surface area contributed by atoms with E-state index in [-0.39, 0.29) is 11.7 Å². The number of likely N-dealkylation sites (tertiary alicyclic amines) is 1. The van der Waals surface area contributed by atoms with Crippen LogP contribution in [0.1, 0.15) is 19.3 Å². The fourth-order valence-corrected chi connectivity index (χ4v) is 4.34. The Labute approximate surface area is 148 Å². The molecule has 0 saturated carbocycles. The topological polar surface area (TPSA) is 94.1 Å². The zero-order valence-corrected chi connectivity index (χ0v) is 15.0. The van der Waals surface area contributed by atoms with E-state index in [0.717, 1.165) is 23.5 Å². The molecular weight excluding hydrogens is 346 g/mol. The number of thiophene rings is 1. The Morgan fingerprint density at radius 3 is 2.96 bits per heavy atom. The van der Waals surface area contributed by atoms with Gasteiger partial charge in [-0.25, -0.2) is 0 Å². The fourth-order valence-electron chi connectivity index (χ4n) is 2.80. The van der Waals surface area contributed by atoms with Gasteiger partial charge in [0.1, 0.15) is 6.04 Å². The quantitative estimate of drug-likeness (QED) is 0.811. The van der Waals surface area contributed by atoms with Crippen LogP contribution >= 0.6 is 23.1 Å². The summed E-state index contributed by atoms with van der Waals surface area (Å²) in [6, 6.07) is 3.47. The van der Waals surface area contributed by atoms with Gasteiger partial charge in [-0.15, -0.1) is 21.5 Å². The molecule has 0 spiro atoms. The summed E-state index contributed by atoms with van der Waals surface area (Å²) in [7, 11) is 1.88. The van der Waals surface area contributed by atoms with Crippen LogP contribution in [-0.4, -0.2) is 49.8 Å². The van der Waals surface area contributed by atoms with E-state index in [1.54, 1.807) is 16.2 Å². The maximum absolute atomic E-state index is 12.5. The van der Waals surface area contributed by atoms with Crippen LogP contribution in [0.25, 0.3) is 10.7 Å². The molecule has 3 heterocycles. The molecule has 128 valence electrons. The summed E-state index contributed by atoms with van der Waals surface area (Å²) in [5.74, 6) is 0.504. The van der Waals surface area contributed by atoms with Crippen molar-refractivity contribution in [2.24, 2.45) is 12.8 Å². The Hall–Kier alpha value is -1.87. The third-order valence-corrected chi connectivity index (χ3v) is 5.92. The Kier molecular flexibility index (Phi) is 5.20. The lowest BCUT2D eigenvalue weighted by atomic mass is 10.0. The summed E-state index contributed by atoms with van der Waals surface area (Å²) in [6.45, 7) is 0.590. The van der Waals surface area contributed by atoms with E-state index in [9.17, 15) is 9.59 Å². The predicted octanol–water partition coefficient (Wildman–Crippen LogP) is 1.50. The van der Waals surface area contributed by atoms with E-state index in [1.165, 1.54) is 11.8 Å². The highest BCUT2D eigenvalue weighted by atomic mass is 32.2.